The van der Waals surface area contributed by atoms with Crippen molar-refractivity contribution in [2.24, 2.45) is 5.92 Å². The maximum atomic E-state index is 5.52. The maximum Gasteiger partial charge on any atom is 0.352 e. The van der Waals surface area contributed by atoms with Crippen molar-refractivity contribution in [2.75, 3.05) is 20.8 Å². The van der Waals surface area contributed by atoms with E-state index in [0.29, 0.717) is 11.6 Å². The van der Waals surface area contributed by atoms with E-state index in [2.05, 4.69) is 32.6 Å². The Labute approximate surface area is 83.1 Å². The topological polar surface area (TPSA) is 30.5 Å². The molecule has 0 aromatic heterocycles. The molecule has 0 amide bonds. The number of hydrogen-bond donors (Lipinski definition) is 1. The highest BCUT2D eigenvalue weighted by atomic mass is 28.4. The highest BCUT2D eigenvalue weighted by Crippen LogP contribution is 2.17. The predicted octanol–water partition coefficient (Wildman–Crippen LogP) is 1.52. The van der Waals surface area contributed by atoms with Crippen molar-refractivity contribution < 1.29 is 8.85 Å². The summed E-state index contributed by atoms with van der Waals surface area (Å²) >= 11 is 0. The maximum absolute atomic E-state index is 5.52. The molecule has 0 heterocycles. The van der Waals surface area contributed by atoms with Gasteiger partial charge in [-0.1, -0.05) is 20.8 Å². The van der Waals surface area contributed by atoms with E-state index in [1.165, 1.54) is 0 Å². The molecule has 0 saturated heterocycles. The van der Waals surface area contributed by atoms with Gasteiger partial charge in [-0.3, -0.25) is 0 Å². The lowest BCUT2D eigenvalue weighted by molar-refractivity contribution is 0.218. The molecule has 1 atom stereocenters. The van der Waals surface area contributed by atoms with Crippen LogP contribution in [-0.4, -0.2) is 35.0 Å². The van der Waals surface area contributed by atoms with Crippen molar-refractivity contribution in [1.82, 2.24) is 5.32 Å². The van der Waals surface area contributed by atoms with Crippen LogP contribution < -0.4 is 5.32 Å². The third-order valence-electron chi connectivity index (χ3n) is 2.47. The Bertz CT molecular complexity index is 138. The SMILES string of the molecule is CCNC(C(C)C)[Si](C)(OC)OC. The van der Waals surface area contributed by atoms with Gasteiger partial charge >= 0.3 is 8.56 Å². The van der Waals surface area contributed by atoms with Crippen LogP contribution >= 0.6 is 0 Å². The lowest BCUT2D eigenvalue weighted by Gasteiger charge is -2.34. The Morgan fingerprint density at radius 1 is 1.23 bits per heavy atom. The molecule has 0 aliphatic rings. The molecule has 3 nitrogen and oxygen atoms in total. The zero-order valence-electron chi connectivity index (χ0n) is 9.68. The van der Waals surface area contributed by atoms with Gasteiger partial charge in [-0.25, -0.2) is 0 Å². The van der Waals surface area contributed by atoms with Crippen molar-refractivity contribution in [1.29, 1.82) is 0 Å². The fourth-order valence-electron chi connectivity index (χ4n) is 1.58. The molecule has 0 rings (SSSR count). The van der Waals surface area contributed by atoms with Crippen molar-refractivity contribution in [2.45, 2.75) is 33.0 Å². The van der Waals surface area contributed by atoms with Crippen LogP contribution in [-0.2, 0) is 8.85 Å². The van der Waals surface area contributed by atoms with Crippen LogP contribution in [0.4, 0.5) is 0 Å². The van der Waals surface area contributed by atoms with Gasteiger partial charge in [-0.15, -0.1) is 0 Å². The normalized spacial score (nSPS) is 15.0. The minimum absolute atomic E-state index is 0.354. The Hall–Kier alpha value is 0.0969. The van der Waals surface area contributed by atoms with Crippen molar-refractivity contribution in [3.63, 3.8) is 0 Å². The fourth-order valence-corrected chi connectivity index (χ4v) is 4.04. The van der Waals surface area contributed by atoms with Crippen LogP contribution in [0, 0.1) is 5.92 Å². The molecule has 0 radical (unpaired) electrons. The van der Waals surface area contributed by atoms with Crippen LogP contribution in [0.1, 0.15) is 20.8 Å². The Morgan fingerprint density at radius 3 is 1.92 bits per heavy atom. The van der Waals surface area contributed by atoms with Gasteiger partial charge in [-0.2, -0.15) is 0 Å². The third kappa shape index (κ3) is 3.38. The summed E-state index contributed by atoms with van der Waals surface area (Å²) in [5.41, 5.74) is 0.354. The number of nitrogens with one attached hydrogen (secondary N) is 1. The molecular weight excluding hydrogens is 182 g/mol. The molecule has 0 aliphatic carbocycles. The smallest absolute Gasteiger partial charge is 0.352 e. The second-order valence-electron chi connectivity index (χ2n) is 3.70. The van der Waals surface area contributed by atoms with Gasteiger partial charge in [-0.05, 0) is 19.0 Å². The average Bonchev–Trinajstić information content (AvgIpc) is 2.12. The molecule has 0 fully saturated rings. The van der Waals surface area contributed by atoms with E-state index in [1.54, 1.807) is 14.2 Å². The van der Waals surface area contributed by atoms with Gasteiger partial charge in [0.25, 0.3) is 0 Å². The summed E-state index contributed by atoms with van der Waals surface area (Å²) in [6, 6.07) is 0. The third-order valence-corrected chi connectivity index (χ3v) is 6.09. The van der Waals surface area contributed by atoms with Crippen molar-refractivity contribution in [3.05, 3.63) is 0 Å². The first kappa shape index (κ1) is 13.1. The summed E-state index contributed by atoms with van der Waals surface area (Å²) in [7, 11) is 1.46. The summed E-state index contributed by atoms with van der Waals surface area (Å²) < 4.78 is 11.0. The molecule has 80 valence electrons. The van der Waals surface area contributed by atoms with E-state index < -0.39 is 8.56 Å². The minimum Gasteiger partial charge on any atom is -0.397 e. The molecule has 0 bridgehead atoms. The van der Waals surface area contributed by atoms with E-state index in [0.717, 1.165) is 6.54 Å². The standard InChI is InChI=1S/C9H23NO2Si/c1-7-10-9(8(2)3)13(6,11-4)12-5/h8-10H,7H2,1-6H3. The van der Waals surface area contributed by atoms with Crippen LogP contribution in [0.25, 0.3) is 0 Å². The lowest BCUT2D eigenvalue weighted by Crippen LogP contribution is -2.58. The second-order valence-corrected chi connectivity index (χ2v) is 7.17. The molecule has 4 heteroatoms. The highest BCUT2D eigenvalue weighted by molar-refractivity contribution is 6.67. The summed E-state index contributed by atoms with van der Waals surface area (Å²) in [4.78, 5) is 0. The molecule has 0 spiro atoms. The molecule has 13 heavy (non-hydrogen) atoms. The largest absolute Gasteiger partial charge is 0.397 e. The summed E-state index contributed by atoms with van der Waals surface area (Å²) in [5.74, 6) is 0.538. The average molecular weight is 205 g/mol. The Balaban J connectivity index is 4.48. The molecule has 1 unspecified atom stereocenters. The van der Waals surface area contributed by atoms with Gasteiger partial charge < -0.3 is 14.2 Å². The molecular formula is C9H23NO2Si. The summed E-state index contributed by atoms with van der Waals surface area (Å²) in [6.45, 7) is 9.54. The molecule has 0 aliphatic heterocycles. The quantitative estimate of drug-likeness (QED) is 0.667. The van der Waals surface area contributed by atoms with E-state index in [1.807, 2.05) is 0 Å². The van der Waals surface area contributed by atoms with Crippen molar-refractivity contribution >= 4 is 8.56 Å². The first-order valence-electron chi connectivity index (χ1n) is 4.85. The first-order chi connectivity index (χ1) is 6.01. The Kier molecular flexibility index (Phi) is 5.79. The van der Waals surface area contributed by atoms with E-state index in [9.17, 15) is 0 Å². The second kappa shape index (κ2) is 5.75. The van der Waals surface area contributed by atoms with Crippen LogP contribution in [0.5, 0.6) is 0 Å². The van der Waals surface area contributed by atoms with E-state index in [-0.39, 0.29) is 0 Å². The van der Waals surface area contributed by atoms with Gasteiger partial charge in [0.2, 0.25) is 0 Å². The van der Waals surface area contributed by atoms with Gasteiger partial charge in [0, 0.05) is 14.2 Å². The fraction of sp³-hybridized carbons (Fsp3) is 1.00. The predicted molar refractivity (Wildman–Crippen MR) is 57.9 cm³/mol. The summed E-state index contributed by atoms with van der Waals surface area (Å²) in [5, 5.41) is 3.44. The van der Waals surface area contributed by atoms with E-state index >= 15 is 0 Å². The van der Waals surface area contributed by atoms with Gasteiger partial charge in [0.1, 0.15) is 0 Å². The van der Waals surface area contributed by atoms with Crippen LogP contribution in [0.3, 0.4) is 0 Å². The molecule has 1 N–H and O–H groups in total. The van der Waals surface area contributed by atoms with Crippen LogP contribution in [0.2, 0.25) is 6.55 Å². The number of hydrogen-bond acceptors (Lipinski definition) is 3. The number of rotatable bonds is 6. The molecule has 0 saturated carbocycles. The van der Waals surface area contributed by atoms with E-state index in [4.69, 9.17) is 8.85 Å². The zero-order valence-corrected chi connectivity index (χ0v) is 10.7. The zero-order chi connectivity index (χ0) is 10.5. The molecule has 0 aromatic rings. The Morgan fingerprint density at radius 2 is 1.69 bits per heavy atom. The highest BCUT2D eigenvalue weighted by Gasteiger charge is 2.40. The molecule has 0 aromatic carbocycles. The first-order valence-corrected chi connectivity index (χ1v) is 7.24. The van der Waals surface area contributed by atoms with Crippen LogP contribution in [0.15, 0.2) is 0 Å². The van der Waals surface area contributed by atoms with Gasteiger partial charge in [0.05, 0.1) is 5.67 Å². The monoisotopic (exact) mass is 205 g/mol. The van der Waals surface area contributed by atoms with Crippen molar-refractivity contribution in [3.8, 4) is 0 Å². The summed E-state index contributed by atoms with van der Waals surface area (Å²) in [6.07, 6.45) is 0. The minimum atomic E-state index is -2.02. The lowest BCUT2D eigenvalue weighted by atomic mass is 10.2. The van der Waals surface area contributed by atoms with Gasteiger partial charge in [0.15, 0.2) is 0 Å².